The minimum absolute atomic E-state index is 1.08. The molecule has 3 atom stereocenters. The molecule has 11 heavy (non-hydrogen) atoms. The molecule has 0 aromatic carbocycles. The van der Waals surface area contributed by atoms with E-state index in [1.54, 1.807) is 12.8 Å². The molecule has 0 saturated heterocycles. The third-order valence-corrected chi connectivity index (χ3v) is 3.50. The second kappa shape index (κ2) is 3.14. The third kappa shape index (κ3) is 1.58. The molecule has 0 aliphatic heterocycles. The topological polar surface area (TPSA) is 12.0 Å². The van der Waals surface area contributed by atoms with E-state index in [0.29, 0.717) is 0 Å². The number of nitrogens with one attached hydrogen (secondary N) is 1. The summed E-state index contributed by atoms with van der Waals surface area (Å²) in [6.45, 7) is 1.23. The summed E-state index contributed by atoms with van der Waals surface area (Å²) >= 11 is 0. The Morgan fingerprint density at radius 2 is 2.27 bits per heavy atom. The summed E-state index contributed by atoms with van der Waals surface area (Å²) in [4.78, 5) is 0. The highest BCUT2D eigenvalue weighted by Crippen LogP contribution is 2.53. The van der Waals surface area contributed by atoms with Crippen LogP contribution < -0.4 is 5.32 Å². The zero-order chi connectivity index (χ0) is 7.68. The van der Waals surface area contributed by atoms with E-state index in [4.69, 9.17) is 0 Å². The standard InChI is InChI=1S/C10H19N/c1-11-6-5-8-3-2-4-9-7-10(8)9/h8-11H,2-7H2,1H3. The maximum atomic E-state index is 3.25. The summed E-state index contributed by atoms with van der Waals surface area (Å²) < 4.78 is 0. The molecule has 1 heteroatoms. The van der Waals surface area contributed by atoms with Crippen LogP contribution in [0.1, 0.15) is 32.1 Å². The van der Waals surface area contributed by atoms with Gasteiger partial charge < -0.3 is 5.32 Å². The first-order valence-electron chi connectivity index (χ1n) is 5.06. The van der Waals surface area contributed by atoms with Crippen LogP contribution in [0.4, 0.5) is 0 Å². The molecule has 2 fully saturated rings. The Labute approximate surface area is 69.6 Å². The molecule has 2 rings (SSSR count). The van der Waals surface area contributed by atoms with Gasteiger partial charge in [-0.2, -0.15) is 0 Å². The summed E-state index contributed by atoms with van der Waals surface area (Å²) in [5.74, 6) is 3.39. The van der Waals surface area contributed by atoms with Gasteiger partial charge in [0.2, 0.25) is 0 Å². The molecular formula is C10H19N. The van der Waals surface area contributed by atoms with Gasteiger partial charge in [-0.25, -0.2) is 0 Å². The first-order chi connectivity index (χ1) is 5.42. The van der Waals surface area contributed by atoms with Crippen LogP contribution in [0.25, 0.3) is 0 Å². The molecule has 0 aromatic rings. The van der Waals surface area contributed by atoms with Gasteiger partial charge in [0.15, 0.2) is 0 Å². The van der Waals surface area contributed by atoms with Crippen molar-refractivity contribution < 1.29 is 0 Å². The Kier molecular flexibility index (Phi) is 2.17. The van der Waals surface area contributed by atoms with Crippen molar-refractivity contribution in [2.45, 2.75) is 32.1 Å². The third-order valence-electron chi connectivity index (χ3n) is 3.50. The summed E-state index contributed by atoms with van der Waals surface area (Å²) in [6.07, 6.45) is 7.56. The molecule has 0 aromatic heterocycles. The van der Waals surface area contributed by atoms with Gasteiger partial charge in [0.1, 0.15) is 0 Å². The Morgan fingerprint density at radius 1 is 1.36 bits per heavy atom. The Morgan fingerprint density at radius 3 is 3.09 bits per heavy atom. The smallest absolute Gasteiger partial charge is 0.00492 e. The number of hydrogen-bond acceptors (Lipinski definition) is 1. The summed E-state index contributed by atoms with van der Waals surface area (Å²) in [6, 6.07) is 0. The fourth-order valence-corrected chi connectivity index (χ4v) is 2.72. The summed E-state index contributed by atoms with van der Waals surface area (Å²) in [5.41, 5.74) is 0. The van der Waals surface area contributed by atoms with Gasteiger partial charge in [0.25, 0.3) is 0 Å². The van der Waals surface area contributed by atoms with Crippen LogP contribution in [0.5, 0.6) is 0 Å². The van der Waals surface area contributed by atoms with E-state index in [2.05, 4.69) is 12.4 Å². The van der Waals surface area contributed by atoms with Gasteiger partial charge in [-0.3, -0.25) is 0 Å². The van der Waals surface area contributed by atoms with Gasteiger partial charge in [-0.05, 0) is 44.2 Å². The van der Waals surface area contributed by atoms with Crippen LogP contribution in [0.15, 0.2) is 0 Å². The minimum Gasteiger partial charge on any atom is -0.320 e. The van der Waals surface area contributed by atoms with Gasteiger partial charge in [0, 0.05) is 0 Å². The predicted octanol–water partition coefficient (Wildman–Crippen LogP) is 2.03. The van der Waals surface area contributed by atoms with Crippen LogP contribution >= 0.6 is 0 Å². The molecule has 0 bridgehead atoms. The van der Waals surface area contributed by atoms with E-state index in [1.807, 2.05) is 0 Å². The van der Waals surface area contributed by atoms with E-state index >= 15 is 0 Å². The lowest BCUT2D eigenvalue weighted by molar-refractivity contribution is 0.315. The lowest BCUT2D eigenvalue weighted by Crippen LogP contribution is -2.17. The van der Waals surface area contributed by atoms with Gasteiger partial charge in [-0.15, -0.1) is 0 Å². The molecule has 0 radical (unpaired) electrons. The van der Waals surface area contributed by atoms with Crippen LogP contribution in [-0.2, 0) is 0 Å². The van der Waals surface area contributed by atoms with E-state index in [0.717, 1.165) is 17.8 Å². The van der Waals surface area contributed by atoms with Crippen molar-refractivity contribution in [3.05, 3.63) is 0 Å². The lowest BCUT2D eigenvalue weighted by atomic mass is 9.87. The molecule has 0 spiro atoms. The van der Waals surface area contributed by atoms with Gasteiger partial charge >= 0.3 is 0 Å². The fraction of sp³-hybridized carbons (Fsp3) is 1.00. The quantitative estimate of drug-likeness (QED) is 0.654. The molecule has 2 aliphatic rings. The molecule has 2 aliphatic carbocycles. The normalized spacial score (nSPS) is 41.7. The Bertz CT molecular complexity index is 133. The van der Waals surface area contributed by atoms with Gasteiger partial charge in [0.05, 0.1) is 0 Å². The SMILES string of the molecule is CNCCC1CCCC2CC12. The molecule has 1 nitrogen and oxygen atoms in total. The average Bonchev–Trinajstić information content (AvgIpc) is 2.79. The molecule has 0 amide bonds. The van der Waals surface area contributed by atoms with E-state index in [-0.39, 0.29) is 0 Å². The van der Waals surface area contributed by atoms with E-state index < -0.39 is 0 Å². The highest BCUT2D eigenvalue weighted by atomic mass is 14.8. The molecule has 3 unspecified atom stereocenters. The zero-order valence-corrected chi connectivity index (χ0v) is 7.47. The maximum Gasteiger partial charge on any atom is -0.00492 e. The van der Waals surface area contributed by atoms with Crippen LogP contribution in [-0.4, -0.2) is 13.6 Å². The predicted molar refractivity (Wildman–Crippen MR) is 47.5 cm³/mol. The van der Waals surface area contributed by atoms with Crippen molar-refractivity contribution >= 4 is 0 Å². The first kappa shape index (κ1) is 7.60. The largest absolute Gasteiger partial charge is 0.320 e. The summed E-state index contributed by atoms with van der Waals surface area (Å²) in [5, 5.41) is 3.25. The summed E-state index contributed by atoms with van der Waals surface area (Å²) in [7, 11) is 2.06. The van der Waals surface area contributed by atoms with E-state index in [1.165, 1.54) is 25.8 Å². The number of hydrogen-bond donors (Lipinski definition) is 1. The fourth-order valence-electron chi connectivity index (χ4n) is 2.72. The molecule has 64 valence electrons. The number of fused-ring (bicyclic) bond motifs is 1. The highest BCUT2D eigenvalue weighted by molar-refractivity contribution is 4.94. The van der Waals surface area contributed by atoms with Crippen molar-refractivity contribution in [3.63, 3.8) is 0 Å². The van der Waals surface area contributed by atoms with Crippen molar-refractivity contribution in [1.82, 2.24) is 5.32 Å². The lowest BCUT2D eigenvalue weighted by Gasteiger charge is -2.20. The van der Waals surface area contributed by atoms with Crippen molar-refractivity contribution in [2.75, 3.05) is 13.6 Å². The Balaban J connectivity index is 1.75. The monoisotopic (exact) mass is 153 g/mol. The maximum absolute atomic E-state index is 3.25. The van der Waals surface area contributed by atoms with E-state index in [9.17, 15) is 0 Å². The van der Waals surface area contributed by atoms with Crippen molar-refractivity contribution in [1.29, 1.82) is 0 Å². The van der Waals surface area contributed by atoms with Crippen LogP contribution in [0, 0.1) is 17.8 Å². The molecule has 2 saturated carbocycles. The van der Waals surface area contributed by atoms with Crippen LogP contribution in [0.3, 0.4) is 0 Å². The Hall–Kier alpha value is -0.0400. The van der Waals surface area contributed by atoms with Crippen molar-refractivity contribution in [2.24, 2.45) is 17.8 Å². The molecule has 1 N–H and O–H groups in total. The van der Waals surface area contributed by atoms with Crippen molar-refractivity contribution in [3.8, 4) is 0 Å². The second-order valence-electron chi connectivity index (χ2n) is 4.24. The van der Waals surface area contributed by atoms with Gasteiger partial charge in [-0.1, -0.05) is 19.3 Å². The van der Waals surface area contributed by atoms with Crippen LogP contribution in [0.2, 0.25) is 0 Å². The minimum atomic E-state index is 1.08. The second-order valence-corrected chi connectivity index (χ2v) is 4.24. The zero-order valence-electron chi connectivity index (χ0n) is 7.47. The average molecular weight is 153 g/mol. The number of rotatable bonds is 3. The first-order valence-corrected chi connectivity index (χ1v) is 5.06. The molecular weight excluding hydrogens is 134 g/mol. The highest BCUT2D eigenvalue weighted by Gasteiger charge is 2.44. The molecule has 0 heterocycles.